The van der Waals surface area contributed by atoms with E-state index in [1.54, 1.807) is 0 Å². The average molecular weight is 225 g/mol. The van der Waals surface area contributed by atoms with Crippen LogP contribution in [-0.4, -0.2) is 35.6 Å². The number of fused-ring (bicyclic) bond motifs is 2. The first-order valence-corrected chi connectivity index (χ1v) is 6.29. The smallest absolute Gasteiger partial charge is 0.156 e. The zero-order chi connectivity index (χ0) is 11.7. The summed E-state index contributed by atoms with van der Waals surface area (Å²) in [5, 5.41) is 11.7. The van der Waals surface area contributed by atoms with Crippen molar-refractivity contribution in [3.05, 3.63) is 0 Å². The summed E-state index contributed by atoms with van der Waals surface area (Å²) in [6.45, 7) is 3.07. The monoisotopic (exact) mass is 225 g/mol. The van der Waals surface area contributed by atoms with Gasteiger partial charge in [0.2, 0.25) is 0 Å². The lowest BCUT2D eigenvalue weighted by molar-refractivity contribution is 0.204. The molecule has 0 spiro atoms. The van der Waals surface area contributed by atoms with E-state index in [0.717, 1.165) is 24.3 Å². The van der Waals surface area contributed by atoms with Crippen LogP contribution >= 0.6 is 0 Å². The van der Waals surface area contributed by atoms with Crippen molar-refractivity contribution < 1.29 is 5.21 Å². The fraction of sp³-hybridized carbons (Fsp3) is 0.917. The molecule has 2 bridgehead atoms. The normalized spacial score (nSPS) is 35.9. The van der Waals surface area contributed by atoms with E-state index in [1.807, 2.05) is 6.92 Å². The van der Waals surface area contributed by atoms with Crippen molar-refractivity contribution in [2.45, 2.75) is 38.6 Å². The molecule has 2 rings (SSSR count). The Morgan fingerprint density at radius 2 is 2.25 bits per heavy atom. The van der Waals surface area contributed by atoms with E-state index in [4.69, 9.17) is 10.9 Å². The molecule has 92 valence electrons. The van der Waals surface area contributed by atoms with Crippen LogP contribution in [-0.2, 0) is 0 Å². The lowest BCUT2D eigenvalue weighted by atomic mass is 9.88. The SMILES string of the molecule is CC(C(N)=NO)N(C)CC1CC2CCC1C2. The molecule has 2 saturated carbocycles. The van der Waals surface area contributed by atoms with Crippen LogP contribution in [0.5, 0.6) is 0 Å². The van der Waals surface area contributed by atoms with Gasteiger partial charge < -0.3 is 10.9 Å². The molecule has 2 aliphatic carbocycles. The predicted octanol–water partition coefficient (Wildman–Crippen LogP) is 1.49. The van der Waals surface area contributed by atoms with E-state index in [2.05, 4.69) is 17.1 Å². The summed E-state index contributed by atoms with van der Waals surface area (Å²) in [6.07, 6.45) is 5.69. The molecule has 0 heterocycles. The van der Waals surface area contributed by atoms with Crippen LogP contribution in [0.25, 0.3) is 0 Å². The fourth-order valence-electron chi connectivity index (χ4n) is 3.44. The highest BCUT2D eigenvalue weighted by Crippen LogP contribution is 2.48. The number of likely N-dealkylation sites (N-methyl/N-ethyl adjacent to an activating group) is 1. The third kappa shape index (κ3) is 2.17. The molecule has 4 unspecified atom stereocenters. The van der Waals surface area contributed by atoms with E-state index < -0.39 is 0 Å². The minimum Gasteiger partial charge on any atom is -0.409 e. The van der Waals surface area contributed by atoms with Gasteiger partial charge in [0.25, 0.3) is 0 Å². The van der Waals surface area contributed by atoms with Crippen LogP contribution in [0.4, 0.5) is 0 Å². The number of hydrogen-bond acceptors (Lipinski definition) is 3. The summed E-state index contributed by atoms with van der Waals surface area (Å²) in [5.74, 6) is 3.07. The molecule has 0 saturated heterocycles. The van der Waals surface area contributed by atoms with E-state index in [1.165, 1.54) is 25.7 Å². The second-order valence-electron chi connectivity index (χ2n) is 5.58. The van der Waals surface area contributed by atoms with Crippen LogP contribution in [0.3, 0.4) is 0 Å². The Morgan fingerprint density at radius 3 is 2.75 bits per heavy atom. The van der Waals surface area contributed by atoms with Gasteiger partial charge in [-0.15, -0.1) is 0 Å². The number of oxime groups is 1. The van der Waals surface area contributed by atoms with Crippen LogP contribution in [0.15, 0.2) is 5.16 Å². The Hall–Kier alpha value is -0.770. The van der Waals surface area contributed by atoms with Crippen molar-refractivity contribution in [3.63, 3.8) is 0 Å². The van der Waals surface area contributed by atoms with Gasteiger partial charge in [0, 0.05) is 6.54 Å². The highest BCUT2D eigenvalue weighted by molar-refractivity contribution is 5.84. The highest BCUT2D eigenvalue weighted by Gasteiger charge is 2.40. The minimum absolute atomic E-state index is 0.0316. The van der Waals surface area contributed by atoms with Gasteiger partial charge >= 0.3 is 0 Å². The van der Waals surface area contributed by atoms with Gasteiger partial charge in [0.05, 0.1) is 6.04 Å². The third-order valence-corrected chi connectivity index (χ3v) is 4.61. The van der Waals surface area contributed by atoms with Crippen molar-refractivity contribution in [3.8, 4) is 0 Å². The number of amidine groups is 1. The molecule has 0 aromatic carbocycles. The first kappa shape index (κ1) is 11.7. The number of nitrogens with zero attached hydrogens (tertiary/aromatic N) is 2. The van der Waals surface area contributed by atoms with Gasteiger partial charge in [-0.3, -0.25) is 4.90 Å². The fourth-order valence-corrected chi connectivity index (χ4v) is 3.44. The Bertz CT molecular complexity index is 279. The molecule has 4 nitrogen and oxygen atoms in total. The maximum atomic E-state index is 8.66. The summed E-state index contributed by atoms with van der Waals surface area (Å²) in [4.78, 5) is 2.21. The summed E-state index contributed by atoms with van der Waals surface area (Å²) in [6, 6.07) is 0.0316. The van der Waals surface area contributed by atoms with Crippen LogP contribution in [0.1, 0.15) is 32.6 Å². The molecule has 0 aromatic rings. The van der Waals surface area contributed by atoms with Gasteiger partial charge in [-0.2, -0.15) is 0 Å². The number of rotatable bonds is 4. The topological polar surface area (TPSA) is 61.9 Å². The minimum atomic E-state index is 0.0316. The van der Waals surface area contributed by atoms with Crippen molar-refractivity contribution >= 4 is 5.84 Å². The van der Waals surface area contributed by atoms with E-state index in [0.29, 0.717) is 5.84 Å². The first-order valence-electron chi connectivity index (χ1n) is 6.29. The molecule has 0 radical (unpaired) electrons. The summed E-state index contributed by atoms with van der Waals surface area (Å²) in [5.41, 5.74) is 5.63. The van der Waals surface area contributed by atoms with Gasteiger partial charge in [0.1, 0.15) is 0 Å². The number of hydrogen-bond donors (Lipinski definition) is 2. The van der Waals surface area contributed by atoms with Gasteiger partial charge in [0.15, 0.2) is 5.84 Å². The Morgan fingerprint density at radius 1 is 1.50 bits per heavy atom. The molecule has 4 heteroatoms. The molecule has 0 aliphatic heterocycles. The third-order valence-electron chi connectivity index (χ3n) is 4.61. The van der Waals surface area contributed by atoms with E-state index >= 15 is 0 Å². The average Bonchev–Trinajstić information content (AvgIpc) is 2.88. The molecule has 3 N–H and O–H groups in total. The van der Waals surface area contributed by atoms with Gasteiger partial charge in [-0.25, -0.2) is 0 Å². The summed E-state index contributed by atoms with van der Waals surface area (Å²) in [7, 11) is 2.06. The Labute approximate surface area is 97.5 Å². The van der Waals surface area contributed by atoms with Crippen molar-refractivity contribution in [1.29, 1.82) is 0 Å². The molecular formula is C12H23N3O. The van der Waals surface area contributed by atoms with Gasteiger partial charge in [-0.1, -0.05) is 11.6 Å². The van der Waals surface area contributed by atoms with Crippen molar-refractivity contribution in [1.82, 2.24) is 4.90 Å². The molecular weight excluding hydrogens is 202 g/mol. The van der Waals surface area contributed by atoms with Crippen LogP contribution < -0.4 is 5.73 Å². The Kier molecular flexibility index (Phi) is 3.38. The van der Waals surface area contributed by atoms with Crippen molar-refractivity contribution in [2.24, 2.45) is 28.6 Å². The van der Waals surface area contributed by atoms with Crippen LogP contribution in [0, 0.1) is 17.8 Å². The summed E-state index contributed by atoms with van der Waals surface area (Å²) < 4.78 is 0. The number of nitrogens with two attached hydrogens (primary N) is 1. The molecule has 4 atom stereocenters. The summed E-state index contributed by atoms with van der Waals surface area (Å²) >= 11 is 0. The van der Waals surface area contributed by atoms with E-state index in [-0.39, 0.29) is 6.04 Å². The lowest BCUT2D eigenvalue weighted by Gasteiger charge is -2.30. The van der Waals surface area contributed by atoms with E-state index in [9.17, 15) is 0 Å². The quantitative estimate of drug-likeness (QED) is 0.330. The standard InChI is InChI=1S/C12H23N3O/c1-8(12(13)14-16)15(2)7-11-6-9-3-4-10(11)5-9/h8-11,16H,3-7H2,1-2H3,(H2,13,14). The lowest BCUT2D eigenvalue weighted by Crippen LogP contribution is -2.43. The molecule has 2 fully saturated rings. The maximum Gasteiger partial charge on any atom is 0.156 e. The van der Waals surface area contributed by atoms with Gasteiger partial charge in [-0.05, 0) is 51.0 Å². The molecule has 0 aromatic heterocycles. The molecule has 16 heavy (non-hydrogen) atoms. The van der Waals surface area contributed by atoms with Crippen molar-refractivity contribution in [2.75, 3.05) is 13.6 Å². The molecule has 0 amide bonds. The largest absolute Gasteiger partial charge is 0.409 e. The highest BCUT2D eigenvalue weighted by atomic mass is 16.4. The maximum absolute atomic E-state index is 8.66. The second kappa shape index (κ2) is 4.62. The molecule has 2 aliphatic rings. The zero-order valence-corrected chi connectivity index (χ0v) is 10.3. The zero-order valence-electron chi connectivity index (χ0n) is 10.3. The van der Waals surface area contributed by atoms with Crippen LogP contribution in [0.2, 0.25) is 0 Å². The first-order chi connectivity index (χ1) is 7.61. The predicted molar refractivity (Wildman–Crippen MR) is 64.4 cm³/mol. The second-order valence-corrected chi connectivity index (χ2v) is 5.58. The Balaban J connectivity index is 1.85.